The number of rotatable bonds is 5. The van der Waals surface area contributed by atoms with E-state index in [0.29, 0.717) is 21.3 Å². The summed E-state index contributed by atoms with van der Waals surface area (Å²) in [6.07, 6.45) is -1.08. The summed E-state index contributed by atoms with van der Waals surface area (Å²) < 4.78 is 4.70. The Hall–Kier alpha value is -1.99. The van der Waals surface area contributed by atoms with Crippen molar-refractivity contribution in [3.63, 3.8) is 0 Å². The van der Waals surface area contributed by atoms with Crippen LogP contribution >= 0.6 is 34.8 Å². The van der Waals surface area contributed by atoms with Crippen molar-refractivity contribution in [1.29, 1.82) is 0 Å². The van der Waals surface area contributed by atoms with E-state index < -0.39 is 18.2 Å². The summed E-state index contributed by atoms with van der Waals surface area (Å²) >= 11 is 18.4. The number of carbonyl (C=O) groups is 2. The fourth-order valence-corrected chi connectivity index (χ4v) is 3.35. The molecule has 9 heteroatoms. The lowest BCUT2D eigenvalue weighted by molar-refractivity contribution is -0.155. The Bertz CT molecular complexity index is 877. The molecule has 0 aromatic heterocycles. The third kappa shape index (κ3) is 4.30. The average molecular weight is 430 g/mol. The van der Waals surface area contributed by atoms with E-state index in [-0.39, 0.29) is 18.0 Å². The number of hydrogen-bond acceptors (Lipinski definition) is 4. The summed E-state index contributed by atoms with van der Waals surface area (Å²) in [6.45, 7) is 0.109. The Kier molecular flexibility index (Phi) is 6.11. The zero-order chi connectivity index (χ0) is 19.6. The Balaban J connectivity index is 1.92. The lowest BCUT2D eigenvalue weighted by Gasteiger charge is -2.21. The molecule has 2 amide bonds. The van der Waals surface area contributed by atoms with Crippen LogP contribution < -0.4 is 4.90 Å². The fraction of sp³-hybridized carbons (Fsp3) is 0.222. The summed E-state index contributed by atoms with van der Waals surface area (Å²) in [5.74, 6) is -0.525. The van der Waals surface area contributed by atoms with Crippen LogP contribution in [-0.4, -0.2) is 30.4 Å². The quantitative estimate of drug-likeness (QED) is 0.634. The van der Waals surface area contributed by atoms with Crippen LogP contribution in [0.25, 0.3) is 0 Å². The molecule has 1 aliphatic heterocycles. The van der Waals surface area contributed by atoms with Gasteiger partial charge in [-0.2, -0.15) is 5.06 Å². The summed E-state index contributed by atoms with van der Waals surface area (Å²) in [5, 5.41) is 2.32. The first-order valence-corrected chi connectivity index (χ1v) is 9.07. The lowest BCUT2D eigenvalue weighted by Crippen LogP contribution is -2.36. The number of benzene rings is 2. The zero-order valence-electron chi connectivity index (χ0n) is 14.2. The lowest BCUT2D eigenvalue weighted by atomic mass is 10.2. The number of anilines is 1. The molecule has 0 N–H and O–H groups in total. The van der Waals surface area contributed by atoms with Gasteiger partial charge in [0.2, 0.25) is 0 Å². The molecular formula is C18H15Cl3N2O4. The Morgan fingerprint density at radius 1 is 1.15 bits per heavy atom. The normalized spacial score (nSPS) is 16.7. The van der Waals surface area contributed by atoms with Crippen molar-refractivity contribution in [3.8, 4) is 0 Å². The van der Waals surface area contributed by atoms with Gasteiger partial charge in [0.1, 0.15) is 0 Å². The third-order valence-corrected chi connectivity index (χ3v) is 4.87. The molecule has 1 saturated heterocycles. The van der Waals surface area contributed by atoms with Gasteiger partial charge in [-0.3, -0.25) is 9.69 Å². The molecule has 0 spiro atoms. The molecule has 2 aromatic rings. The first-order valence-electron chi connectivity index (χ1n) is 7.93. The number of halogens is 3. The number of ether oxygens (including phenoxy) is 1. The smallest absolute Gasteiger partial charge is 0.351 e. The highest BCUT2D eigenvalue weighted by molar-refractivity contribution is 6.36. The largest absolute Gasteiger partial charge is 0.469 e. The number of amides is 2. The van der Waals surface area contributed by atoms with E-state index in [1.807, 2.05) is 6.07 Å². The van der Waals surface area contributed by atoms with Crippen molar-refractivity contribution in [3.05, 3.63) is 63.1 Å². The van der Waals surface area contributed by atoms with Crippen LogP contribution in [0.5, 0.6) is 0 Å². The van der Waals surface area contributed by atoms with Crippen molar-refractivity contribution in [2.45, 2.75) is 19.2 Å². The van der Waals surface area contributed by atoms with E-state index >= 15 is 0 Å². The first-order chi connectivity index (χ1) is 12.9. The van der Waals surface area contributed by atoms with Crippen molar-refractivity contribution in [2.75, 3.05) is 12.0 Å². The first kappa shape index (κ1) is 19.8. The maximum absolute atomic E-state index is 13.0. The van der Waals surface area contributed by atoms with Crippen molar-refractivity contribution >= 4 is 52.5 Å². The van der Waals surface area contributed by atoms with Gasteiger partial charge in [0.05, 0.1) is 30.8 Å². The highest BCUT2D eigenvalue weighted by Crippen LogP contribution is 2.35. The van der Waals surface area contributed by atoms with Gasteiger partial charge in [0, 0.05) is 10.0 Å². The molecular weight excluding hydrogens is 415 g/mol. The molecule has 0 saturated carbocycles. The molecule has 1 heterocycles. The number of urea groups is 1. The molecule has 1 atom stereocenters. The van der Waals surface area contributed by atoms with E-state index in [0.717, 1.165) is 5.06 Å². The van der Waals surface area contributed by atoms with Gasteiger partial charge in [0.15, 0.2) is 6.23 Å². The van der Waals surface area contributed by atoms with Crippen LogP contribution in [0.15, 0.2) is 42.5 Å². The molecule has 6 nitrogen and oxygen atoms in total. The summed E-state index contributed by atoms with van der Waals surface area (Å²) in [6, 6.07) is 11.3. The Morgan fingerprint density at radius 3 is 2.56 bits per heavy atom. The predicted molar refractivity (Wildman–Crippen MR) is 103 cm³/mol. The minimum atomic E-state index is -0.911. The molecule has 0 aliphatic carbocycles. The molecule has 0 bridgehead atoms. The molecule has 0 radical (unpaired) electrons. The molecule has 27 heavy (non-hydrogen) atoms. The number of hydroxylamine groups is 2. The van der Waals surface area contributed by atoms with Gasteiger partial charge in [0.25, 0.3) is 0 Å². The Labute approximate surface area is 171 Å². The van der Waals surface area contributed by atoms with Crippen LogP contribution in [0.2, 0.25) is 15.1 Å². The van der Waals surface area contributed by atoms with E-state index in [2.05, 4.69) is 0 Å². The molecule has 1 fully saturated rings. The number of hydrogen-bond donors (Lipinski definition) is 0. The predicted octanol–water partition coefficient (Wildman–Crippen LogP) is 4.91. The minimum absolute atomic E-state index is 0.109. The van der Waals surface area contributed by atoms with Gasteiger partial charge in [-0.25, -0.2) is 9.63 Å². The van der Waals surface area contributed by atoms with Crippen LogP contribution in [0.1, 0.15) is 12.0 Å². The standard InChI is InChI=1S/C18H15Cl3N2O4/c1-26-17(24)9-16-23(15-7-6-12(19)8-14(15)21)18(25)22(27-16)10-11-4-2-3-5-13(11)20/h2-8,16H,9-10H2,1H3. The molecule has 3 rings (SSSR count). The highest BCUT2D eigenvalue weighted by atomic mass is 35.5. The third-order valence-electron chi connectivity index (χ3n) is 3.97. The minimum Gasteiger partial charge on any atom is -0.469 e. The highest BCUT2D eigenvalue weighted by Gasteiger charge is 2.42. The van der Waals surface area contributed by atoms with Gasteiger partial charge >= 0.3 is 12.0 Å². The van der Waals surface area contributed by atoms with Gasteiger partial charge in [-0.1, -0.05) is 53.0 Å². The van der Waals surface area contributed by atoms with Crippen molar-refractivity contribution < 1.29 is 19.2 Å². The van der Waals surface area contributed by atoms with Crippen LogP contribution in [0, 0.1) is 0 Å². The number of carbonyl (C=O) groups excluding carboxylic acids is 2. The molecule has 1 aliphatic rings. The monoisotopic (exact) mass is 428 g/mol. The van der Waals surface area contributed by atoms with Crippen LogP contribution in [-0.2, 0) is 20.9 Å². The second-order valence-electron chi connectivity index (χ2n) is 5.72. The van der Waals surface area contributed by atoms with Gasteiger partial charge in [-0.15, -0.1) is 0 Å². The zero-order valence-corrected chi connectivity index (χ0v) is 16.5. The van der Waals surface area contributed by atoms with Crippen LogP contribution in [0.4, 0.5) is 10.5 Å². The molecule has 2 aromatic carbocycles. The topological polar surface area (TPSA) is 59.1 Å². The number of esters is 1. The van der Waals surface area contributed by atoms with Gasteiger partial charge in [-0.05, 0) is 29.8 Å². The number of methoxy groups -OCH3 is 1. The SMILES string of the molecule is COC(=O)CC1ON(Cc2ccccc2Cl)C(=O)N1c1ccc(Cl)cc1Cl. The van der Waals surface area contributed by atoms with Gasteiger partial charge < -0.3 is 4.74 Å². The van der Waals surface area contributed by atoms with E-state index in [1.165, 1.54) is 18.1 Å². The summed E-state index contributed by atoms with van der Waals surface area (Å²) in [4.78, 5) is 31.8. The second-order valence-corrected chi connectivity index (χ2v) is 6.97. The molecule has 142 valence electrons. The van der Waals surface area contributed by atoms with E-state index in [1.54, 1.807) is 30.3 Å². The number of nitrogens with zero attached hydrogens (tertiary/aromatic N) is 2. The Morgan fingerprint density at radius 2 is 1.89 bits per heavy atom. The summed E-state index contributed by atoms with van der Waals surface area (Å²) in [7, 11) is 1.26. The fourth-order valence-electron chi connectivity index (χ4n) is 2.66. The van der Waals surface area contributed by atoms with Crippen molar-refractivity contribution in [1.82, 2.24) is 5.06 Å². The van der Waals surface area contributed by atoms with Crippen LogP contribution in [0.3, 0.4) is 0 Å². The maximum atomic E-state index is 13.0. The van der Waals surface area contributed by atoms with Crippen molar-refractivity contribution in [2.24, 2.45) is 0 Å². The maximum Gasteiger partial charge on any atom is 0.351 e. The average Bonchev–Trinajstić information content (AvgIpc) is 2.92. The van der Waals surface area contributed by atoms with E-state index in [9.17, 15) is 9.59 Å². The second kappa shape index (κ2) is 8.35. The van der Waals surface area contributed by atoms with E-state index in [4.69, 9.17) is 44.4 Å². The molecule has 1 unspecified atom stereocenters. The summed E-state index contributed by atoms with van der Waals surface area (Å²) in [5.41, 5.74) is 1.08.